The van der Waals surface area contributed by atoms with Gasteiger partial charge in [-0.15, -0.1) is 0 Å². The molecule has 3 rings (SSSR count). The van der Waals surface area contributed by atoms with Crippen LogP contribution in [0, 0.1) is 6.92 Å². The first-order valence-electron chi connectivity index (χ1n) is 6.92. The molecular weight excluding hydrogens is 266 g/mol. The third-order valence-electron chi connectivity index (χ3n) is 3.58. The van der Waals surface area contributed by atoms with Gasteiger partial charge in [0.15, 0.2) is 0 Å². The Morgan fingerprint density at radius 2 is 1.81 bits per heavy atom. The molecule has 108 valence electrons. The van der Waals surface area contributed by atoms with E-state index in [2.05, 4.69) is 46.1 Å². The minimum Gasteiger partial charge on any atom is -0.335 e. The smallest absolute Gasteiger partial charge is 0.242 e. The number of piperazine rings is 1. The average molecular weight is 283 g/mol. The molecule has 1 amide bonds. The number of amides is 1. The van der Waals surface area contributed by atoms with Gasteiger partial charge in [-0.25, -0.2) is 15.0 Å². The van der Waals surface area contributed by atoms with Gasteiger partial charge < -0.3 is 9.80 Å². The Morgan fingerprint density at radius 1 is 1.10 bits per heavy atom. The van der Waals surface area contributed by atoms with Gasteiger partial charge in [0.05, 0.1) is 0 Å². The second-order valence-corrected chi connectivity index (χ2v) is 5.16. The summed E-state index contributed by atoms with van der Waals surface area (Å²) in [6, 6.07) is 8.28. The van der Waals surface area contributed by atoms with E-state index in [1.165, 1.54) is 18.2 Å². The molecule has 6 nitrogen and oxygen atoms in total. The summed E-state index contributed by atoms with van der Waals surface area (Å²) in [5.41, 5.74) is 2.38. The molecule has 0 radical (unpaired) electrons. The standard InChI is InChI=1S/C15H17N5O/c1-12-2-4-13(5-3-12)8-19-6-7-20(9-14(19)21)15-17-10-16-11-18-15/h2-5,10-11H,6-9H2,1H3. The molecule has 1 fully saturated rings. The van der Waals surface area contributed by atoms with E-state index in [1.807, 2.05) is 9.80 Å². The van der Waals surface area contributed by atoms with E-state index >= 15 is 0 Å². The van der Waals surface area contributed by atoms with Gasteiger partial charge in [-0.3, -0.25) is 4.79 Å². The molecule has 0 spiro atoms. The lowest BCUT2D eigenvalue weighted by molar-refractivity contribution is -0.131. The fourth-order valence-corrected chi connectivity index (χ4v) is 2.36. The number of anilines is 1. The third-order valence-corrected chi connectivity index (χ3v) is 3.58. The maximum absolute atomic E-state index is 12.3. The lowest BCUT2D eigenvalue weighted by atomic mass is 10.1. The van der Waals surface area contributed by atoms with E-state index in [0.717, 1.165) is 12.1 Å². The van der Waals surface area contributed by atoms with E-state index in [0.29, 0.717) is 25.6 Å². The van der Waals surface area contributed by atoms with Crippen LogP contribution in [0.15, 0.2) is 36.9 Å². The Labute approximate surface area is 123 Å². The second-order valence-electron chi connectivity index (χ2n) is 5.16. The van der Waals surface area contributed by atoms with Crippen molar-refractivity contribution in [2.45, 2.75) is 13.5 Å². The van der Waals surface area contributed by atoms with Crippen LogP contribution in [-0.2, 0) is 11.3 Å². The number of aryl methyl sites for hydroxylation is 1. The van der Waals surface area contributed by atoms with Crippen LogP contribution in [0.4, 0.5) is 5.95 Å². The highest BCUT2D eigenvalue weighted by molar-refractivity contribution is 5.82. The van der Waals surface area contributed by atoms with Gasteiger partial charge in [-0.1, -0.05) is 29.8 Å². The third kappa shape index (κ3) is 3.16. The van der Waals surface area contributed by atoms with Gasteiger partial charge in [0.1, 0.15) is 19.2 Å². The monoisotopic (exact) mass is 283 g/mol. The van der Waals surface area contributed by atoms with Crippen molar-refractivity contribution in [2.24, 2.45) is 0 Å². The summed E-state index contributed by atoms with van der Waals surface area (Å²) in [4.78, 5) is 28.0. The number of nitrogens with zero attached hydrogens (tertiary/aromatic N) is 5. The number of carbonyl (C=O) groups is 1. The highest BCUT2D eigenvalue weighted by atomic mass is 16.2. The van der Waals surface area contributed by atoms with Gasteiger partial charge >= 0.3 is 0 Å². The summed E-state index contributed by atoms with van der Waals surface area (Å²) < 4.78 is 0. The normalized spacial score (nSPS) is 15.4. The van der Waals surface area contributed by atoms with Gasteiger partial charge in [0.2, 0.25) is 11.9 Å². The first kappa shape index (κ1) is 13.5. The number of hydrogen-bond acceptors (Lipinski definition) is 5. The molecule has 0 unspecified atom stereocenters. The SMILES string of the molecule is Cc1ccc(CN2CCN(c3ncncn3)CC2=O)cc1. The van der Waals surface area contributed by atoms with E-state index in [9.17, 15) is 4.79 Å². The molecule has 0 bridgehead atoms. The zero-order chi connectivity index (χ0) is 14.7. The average Bonchev–Trinajstić information content (AvgIpc) is 2.52. The molecule has 0 saturated carbocycles. The summed E-state index contributed by atoms with van der Waals surface area (Å²) in [6.45, 7) is 4.45. The Bertz CT molecular complexity index is 614. The van der Waals surface area contributed by atoms with Crippen molar-refractivity contribution in [1.29, 1.82) is 0 Å². The molecule has 21 heavy (non-hydrogen) atoms. The molecule has 2 heterocycles. The van der Waals surface area contributed by atoms with Crippen molar-refractivity contribution in [3.8, 4) is 0 Å². The van der Waals surface area contributed by atoms with E-state index in [-0.39, 0.29) is 5.91 Å². The predicted molar refractivity (Wildman–Crippen MR) is 78.6 cm³/mol. The number of benzene rings is 1. The fourth-order valence-electron chi connectivity index (χ4n) is 2.36. The number of carbonyl (C=O) groups excluding carboxylic acids is 1. The first-order valence-corrected chi connectivity index (χ1v) is 6.92. The van der Waals surface area contributed by atoms with Gasteiger partial charge in [-0.2, -0.15) is 0 Å². The van der Waals surface area contributed by atoms with Crippen molar-refractivity contribution in [2.75, 3.05) is 24.5 Å². The minimum atomic E-state index is 0.0993. The summed E-state index contributed by atoms with van der Waals surface area (Å²) in [7, 11) is 0. The Hall–Kier alpha value is -2.50. The molecule has 0 atom stereocenters. The van der Waals surface area contributed by atoms with E-state index < -0.39 is 0 Å². The van der Waals surface area contributed by atoms with E-state index in [1.54, 1.807) is 0 Å². The van der Waals surface area contributed by atoms with Crippen LogP contribution < -0.4 is 4.90 Å². The Kier molecular flexibility index (Phi) is 3.77. The van der Waals surface area contributed by atoms with Crippen molar-refractivity contribution >= 4 is 11.9 Å². The lowest BCUT2D eigenvalue weighted by Crippen LogP contribution is -2.50. The predicted octanol–water partition coefficient (Wildman–Crippen LogP) is 1.03. The van der Waals surface area contributed by atoms with Crippen LogP contribution in [0.3, 0.4) is 0 Å². The molecule has 1 aliphatic rings. The number of rotatable bonds is 3. The lowest BCUT2D eigenvalue weighted by Gasteiger charge is -2.34. The molecule has 1 aromatic carbocycles. The Morgan fingerprint density at radius 3 is 2.48 bits per heavy atom. The van der Waals surface area contributed by atoms with Crippen LogP contribution in [-0.4, -0.2) is 45.4 Å². The summed E-state index contributed by atoms with van der Waals surface area (Å²) in [5, 5.41) is 0. The molecule has 2 aromatic rings. The molecule has 1 aromatic heterocycles. The molecular formula is C15H17N5O. The minimum absolute atomic E-state index is 0.0993. The molecule has 1 aliphatic heterocycles. The fraction of sp³-hybridized carbons (Fsp3) is 0.333. The number of aromatic nitrogens is 3. The zero-order valence-electron chi connectivity index (χ0n) is 11.9. The number of hydrogen-bond donors (Lipinski definition) is 0. The van der Waals surface area contributed by atoms with Gasteiger partial charge in [0.25, 0.3) is 0 Å². The van der Waals surface area contributed by atoms with Crippen LogP contribution >= 0.6 is 0 Å². The zero-order valence-corrected chi connectivity index (χ0v) is 11.9. The molecule has 6 heteroatoms. The van der Waals surface area contributed by atoms with Crippen LogP contribution in [0.2, 0.25) is 0 Å². The van der Waals surface area contributed by atoms with E-state index in [4.69, 9.17) is 0 Å². The topological polar surface area (TPSA) is 62.2 Å². The molecule has 1 saturated heterocycles. The summed E-state index contributed by atoms with van der Waals surface area (Å²) in [5.74, 6) is 0.663. The van der Waals surface area contributed by atoms with Crippen molar-refractivity contribution < 1.29 is 4.79 Å². The van der Waals surface area contributed by atoms with Crippen molar-refractivity contribution in [3.05, 3.63) is 48.0 Å². The molecule has 0 aliphatic carbocycles. The van der Waals surface area contributed by atoms with Crippen LogP contribution in [0.1, 0.15) is 11.1 Å². The van der Waals surface area contributed by atoms with Gasteiger partial charge in [0, 0.05) is 19.6 Å². The van der Waals surface area contributed by atoms with Gasteiger partial charge in [-0.05, 0) is 12.5 Å². The van der Waals surface area contributed by atoms with Crippen molar-refractivity contribution in [3.63, 3.8) is 0 Å². The quantitative estimate of drug-likeness (QED) is 0.842. The highest BCUT2D eigenvalue weighted by Crippen LogP contribution is 2.13. The highest BCUT2D eigenvalue weighted by Gasteiger charge is 2.25. The summed E-state index contributed by atoms with van der Waals surface area (Å²) >= 11 is 0. The maximum Gasteiger partial charge on any atom is 0.242 e. The molecule has 0 N–H and O–H groups in total. The first-order chi connectivity index (χ1) is 10.2. The Balaban J connectivity index is 1.63. The maximum atomic E-state index is 12.3. The summed E-state index contributed by atoms with van der Waals surface area (Å²) in [6.07, 6.45) is 2.90. The second kappa shape index (κ2) is 5.87. The largest absolute Gasteiger partial charge is 0.335 e. The van der Waals surface area contributed by atoms with Crippen molar-refractivity contribution in [1.82, 2.24) is 19.9 Å². The van der Waals surface area contributed by atoms with Crippen LogP contribution in [0.25, 0.3) is 0 Å². The van der Waals surface area contributed by atoms with Crippen LogP contribution in [0.5, 0.6) is 0 Å².